The lowest BCUT2D eigenvalue weighted by Gasteiger charge is -2.19. The van der Waals surface area contributed by atoms with Gasteiger partial charge >= 0.3 is 0 Å². The molecule has 208 valence electrons. The maximum atomic E-state index is 15.4. The van der Waals surface area contributed by atoms with E-state index < -0.39 is 34.4 Å². The first kappa shape index (κ1) is 25.7. The maximum absolute atomic E-state index is 15.4. The highest BCUT2D eigenvalue weighted by Crippen LogP contribution is 2.61. The summed E-state index contributed by atoms with van der Waals surface area (Å²) in [5, 5.41) is 10.2. The van der Waals surface area contributed by atoms with Gasteiger partial charge in [-0.1, -0.05) is 67.6 Å². The molecule has 5 aromatic rings. The first-order valence-corrected chi connectivity index (χ1v) is 14.3. The second kappa shape index (κ2) is 9.24. The minimum atomic E-state index is -1.68. The number of fused-ring (bicyclic) bond motifs is 8. The Morgan fingerprint density at radius 1 is 0.837 bits per heavy atom. The zero-order valence-electron chi connectivity index (χ0n) is 23.0. The summed E-state index contributed by atoms with van der Waals surface area (Å²) < 4.78 is 60.5. The Kier molecular flexibility index (Phi) is 5.52. The van der Waals surface area contributed by atoms with Gasteiger partial charge in [-0.3, -0.25) is 4.98 Å². The minimum Gasteiger partial charge on any atom is -0.256 e. The van der Waals surface area contributed by atoms with E-state index in [1.54, 1.807) is 6.92 Å². The Balaban J connectivity index is 1.35. The van der Waals surface area contributed by atoms with E-state index in [9.17, 15) is 8.78 Å². The zero-order valence-corrected chi connectivity index (χ0v) is 23.0. The van der Waals surface area contributed by atoms with Gasteiger partial charge in [-0.2, -0.15) is 5.26 Å². The quantitative estimate of drug-likeness (QED) is 0.157. The number of nitrogens with zero attached hydrogens (tertiary/aromatic N) is 2. The molecule has 0 spiro atoms. The molecule has 43 heavy (non-hydrogen) atoms. The van der Waals surface area contributed by atoms with Crippen LogP contribution >= 0.6 is 0 Å². The average Bonchev–Trinajstić information content (AvgIpc) is 3.78. The largest absolute Gasteiger partial charge is 0.256 e. The van der Waals surface area contributed by atoms with E-state index in [-0.39, 0.29) is 12.0 Å². The Bertz CT molecular complexity index is 2140. The van der Waals surface area contributed by atoms with Gasteiger partial charge in [0.2, 0.25) is 0 Å². The summed E-state index contributed by atoms with van der Waals surface area (Å²) in [5.41, 5.74) is 7.55. The standard InChI is InChI=1S/C37H22F4N2/c1-2-21(32-35(40)33(38)29(17-42)34(39)36(32)41)31-24-8-4-3-7-22(24)23-12-11-19(14-27(23)31)25-15-20-10-9-18-6-5-13-43-37(18)30(20)28-16-26(25)28/h3-15,26,28H,2,16H2,1H3/b31-21+. The van der Waals surface area contributed by atoms with Crippen molar-refractivity contribution >= 4 is 33.7 Å². The van der Waals surface area contributed by atoms with Gasteiger partial charge in [-0.25, -0.2) is 17.6 Å². The van der Waals surface area contributed by atoms with E-state index in [1.807, 2.05) is 48.7 Å². The summed E-state index contributed by atoms with van der Waals surface area (Å²) >= 11 is 0. The van der Waals surface area contributed by atoms with Crippen molar-refractivity contribution in [3.8, 4) is 17.2 Å². The summed E-state index contributed by atoms with van der Waals surface area (Å²) in [6.07, 6.45) is 5.16. The molecule has 8 rings (SSSR count). The first-order chi connectivity index (χ1) is 20.9. The van der Waals surface area contributed by atoms with E-state index in [2.05, 4.69) is 35.3 Å². The van der Waals surface area contributed by atoms with Crippen LogP contribution in [0.3, 0.4) is 0 Å². The summed E-state index contributed by atoms with van der Waals surface area (Å²) in [6, 6.07) is 23.1. The molecular formula is C37H22F4N2. The number of allylic oxidation sites excluding steroid dienone is 2. The number of pyridine rings is 1. The third-order valence-corrected chi connectivity index (χ3v) is 9.16. The number of hydrogen-bond acceptors (Lipinski definition) is 2. The normalized spacial score (nSPS) is 18.7. The highest BCUT2D eigenvalue weighted by molar-refractivity contribution is 6.11. The fourth-order valence-electron chi connectivity index (χ4n) is 7.17. The van der Waals surface area contributed by atoms with Crippen LogP contribution in [0.15, 0.2) is 72.9 Å². The van der Waals surface area contributed by atoms with Crippen LogP contribution in [0.5, 0.6) is 0 Å². The molecule has 2 unspecified atom stereocenters. The van der Waals surface area contributed by atoms with Crippen LogP contribution in [-0.4, -0.2) is 4.98 Å². The van der Waals surface area contributed by atoms with Crippen LogP contribution < -0.4 is 0 Å². The molecule has 2 nitrogen and oxygen atoms in total. The molecule has 0 amide bonds. The highest BCUT2D eigenvalue weighted by Gasteiger charge is 2.46. The zero-order chi connectivity index (χ0) is 29.6. The number of hydrogen-bond donors (Lipinski definition) is 0. The molecule has 3 aliphatic rings. The topological polar surface area (TPSA) is 36.7 Å². The van der Waals surface area contributed by atoms with Gasteiger partial charge in [0.25, 0.3) is 0 Å². The van der Waals surface area contributed by atoms with Crippen LogP contribution in [0.4, 0.5) is 17.6 Å². The van der Waals surface area contributed by atoms with E-state index in [0.717, 1.165) is 50.7 Å². The highest BCUT2D eigenvalue weighted by atomic mass is 19.2. The molecule has 1 aromatic heterocycles. The molecule has 4 aromatic carbocycles. The lowest BCUT2D eigenvalue weighted by Crippen LogP contribution is -2.07. The number of benzene rings is 4. The summed E-state index contributed by atoms with van der Waals surface area (Å²) in [5.74, 6) is -5.79. The van der Waals surface area contributed by atoms with Crippen molar-refractivity contribution in [3.05, 3.63) is 135 Å². The maximum Gasteiger partial charge on any atom is 0.180 e. The van der Waals surface area contributed by atoms with Gasteiger partial charge in [0.05, 0.1) is 11.1 Å². The van der Waals surface area contributed by atoms with Gasteiger partial charge in [0.1, 0.15) is 11.6 Å². The monoisotopic (exact) mass is 570 g/mol. The van der Waals surface area contributed by atoms with Crippen molar-refractivity contribution < 1.29 is 17.6 Å². The van der Waals surface area contributed by atoms with Crippen molar-refractivity contribution in [3.63, 3.8) is 0 Å². The number of aromatic nitrogens is 1. The molecule has 0 N–H and O–H groups in total. The fraction of sp³-hybridized carbons (Fsp3) is 0.135. The third kappa shape index (κ3) is 3.54. The molecule has 2 atom stereocenters. The summed E-state index contributed by atoms with van der Waals surface area (Å²) in [6.45, 7) is 1.70. The second-order valence-corrected chi connectivity index (χ2v) is 11.3. The Morgan fingerprint density at radius 2 is 1.58 bits per heavy atom. The summed E-state index contributed by atoms with van der Waals surface area (Å²) in [7, 11) is 0. The van der Waals surface area contributed by atoms with E-state index in [4.69, 9.17) is 5.26 Å². The number of nitriles is 1. The van der Waals surface area contributed by atoms with Crippen molar-refractivity contribution in [1.29, 1.82) is 5.26 Å². The van der Waals surface area contributed by atoms with E-state index in [0.29, 0.717) is 17.4 Å². The molecule has 0 aliphatic heterocycles. The van der Waals surface area contributed by atoms with Gasteiger partial charge in [0.15, 0.2) is 23.3 Å². The second-order valence-electron chi connectivity index (χ2n) is 11.3. The fourth-order valence-corrected chi connectivity index (χ4v) is 7.17. The van der Waals surface area contributed by atoms with Crippen LogP contribution in [0.2, 0.25) is 0 Å². The third-order valence-electron chi connectivity index (χ3n) is 9.16. The average molecular weight is 571 g/mol. The van der Waals surface area contributed by atoms with Crippen LogP contribution in [-0.2, 0) is 0 Å². The molecule has 0 bridgehead atoms. The van der Waals surface area contributed by atoms with Crippen molar-refractivity contribution in [1.82, 2.24) is 4.98 Å². The predicted molar refractivity (Wildman–Crippen MR) is 160 cm³/mol. The smallest absolute Gasteiger partial charge is 0.180 e. The number of halogens is 4. The summed E-state index contributed by atoms with van der Waals surface area (Å²) in [4.78, 5) is 4.68. The minimum absolute atomic E-state index is 0.104. The van der Waals surface area contributed by atoms with E-state index >= 15 is 8.78 Å². The van der Waals surface area contributed by atoms with Crippen LogP contribution in [0.1, 0.15) is 64.6 Å². The van der Waals surface area contributed by atoms with Gasteiger partial charge in [-0.05, 0) is 92.5 Å². The predicted octanol–water partition coefficient (Wildman–Crippen LogP) is 9.67. The lowest BCUT2D eigenvalue weighted by molar-refractivity contribution is 0.446. The molecule has 1 fully saturated rings. The molecule has 1 heterocycles. The molecule has 1 saturated carbocycles. The van der Waals surface area contributed by atoms with E-state index in [1.165, 1.54) is 17.2 Å². The van der Waals surface area contributed by atoms with Gasteiger partial charge in [0, 0.05) is 11.6 Å². The van der Waals surface area contributed by atoms with Crippen LogP contribution in [0.25, 0.3) is 44.8 Å². The Hall–Kier alpha value is -5.02. The Morgan fingerprint density at radius 3 is 2.33 bits per heavy atom. The molecule has 3 aliphatic carbocycles. The lowest BCUT2D eigenvalue weighted by atomic mass is 9.85. The van der Waals surface area contributed by atoms with Crippen molar-refractivity contribution in [2.45, 2.75) is 25.7 Å². The molecule has 0 radical (unpaired) electrons. The molecule has 0 saturated heterocycles. The number of rotatable bonds is 3. The SMILES string of the molecule is CC/C(=C1/c2ccccc2-c2ccc(C3=Cc4ccc5cccnc5c4C4CC34)cc21)c1c(F)c(F)c(C#N)c(F)c1F. The van der Waals surface area contributed by atoms with Gasteiger partial charge < -0.3 is 0 Å². The van der Waals surface area contributed by atoms with Crippen molar-refractivity contribution in [2.24, 2.45) is 5.92 Å². The molecular weight excluding hydrogens is 548 g/mol. The van der Waals surface area contributed by atoms with Gasteiger partial charge in [-0.15, -0.1) is 0 Å². The van der Waals surface area contributed by atoms with Crippen molar-refractivity contribution in [2.75, 3.05) is 0 Å². The van der Waals surface area contributed by atoms with Crippen LogP contribution in [0, 0.1) is 40.5 Å². The molecule has 6 heteroatoms. The first-order valence-electron chi connectivity index (χ1n) is 14.3. The Labute approximate surface area is 245 Å².